The van der Waals surface area contributed by atoms with Crippen molar-refractivity contribution in [1.29, 1.82) is 0 Å². The normalized spacial score (nSPS) is 12.5. The zero-order valence-corrected chi connectivity index (χ0v) is 11.8. The van der Waals surface area contributed by atoms with Crippen LogP contribution in [0.1, 0.15) is 27.7 Å². The Labute approximate surface area is 107 Å². The van der Waals surface area contributed by atoms with Crippen LogP contribution in [0.25, 0.3) is 0 Å². The van der Waals surface area contributed by atoms with Gasteiger partial charge in [-0.1, -0.05) is 11.8 Å². The molecule has 96 valence electrons. The topological polar surface area (TPSA) is 38.1 Å². The molecule has 5 heteroatoms. The number of nitrogens with zero attached hydrogens (tertiary/aromatic N) is 3. The van der Waals surface area contributed by atoms with E-state index in [0.29, 0.717) is 0 Å². The number of thioether (sulfide) groups is 1. The third kappa shape index (κ3) is 3.49. The summed E-state index contributed by atoms with van der Waals surface area (Å²) >= 11 is 1.53. The molecule has 0 aliphatic rings. The van der Waals surface area contributed by atoms with Gasteiger partial charge in [0.15, 0.2) is 5.16 Å². The minimum Gasteiger partial charge on any atom is -0.342 e. The van der Waals surface area contributed by atoms with Crippen LogP contribution in [0.3, 0.4) is 0 Å². The van der Waals surface area contributed by atoms with Crippen LogP contribution < -0.4 is 0 Å². The summed E-state index contributed by atoms with van der Waals surface area (Å²) < 4.78 is 2.05. The summed E-state index contributed by atoms with van der Waals surface area (Å²) in [5.74, 6) is 0.186. The summed E-state index contributed by atoms with van der Waals surface area (Å²) in [6, 6.07) is 0. The number of carbonyl (C=O) groups excluding carboxylic acids is 1. The van der Waals surface area contributed by atoms with Crippen molar-refractivity contribution < 1.29 is 4.79 Å². The molecule has 1 rings (SSSR count). The van der Waals surface area contributed by atoms with E-state index in [2.05, 4.69) is 16.5 Å². The summed E-state index contributed by atoms with van der Waals surface area (Å²) in [6.07, 6.45) is 3.72. The molecule has 17 heavy (non-hydrogen) atoms. The highest BCUT2D eigenvalue weighted by molar-refractivity contribution is 8.00. The summed E-state index contributed by atoms with van der Waals surface area (Å²) in [5.41, 5.74) is 0. The van der Waals surface area contributed by atoms with E-state index in [-0.39, 0.29) is 11.2 Å². The molecule has 0 radical (unpaired) electrons. The van der Waals surface area contributed by atoms with Gasteiger partial charge in [-0.15, -0.1) is 0 Å². The van der Waals surface area contributed by atoms with Gasteiger partial charge in [-0.05, 0) is 27.7 Å². The van der Waals surface area contributed by atoms with Crippen molar-refractivity contribution in [2.24, 2.45) is 0 Å². The minimum absolute atomic E-state index is 0.0809. The second-order valence-electron chi connectivity index (χ2n) is 3.77. The maximum atomic E-state index is 12.1. The summed E-state index contributed by atoms with van der Waals surface area (Å²) in [7, 11) is 0. The first-order chi connectivity index (χ1) is 8.13. The van der Waals surface area contributed by atoms with Gasteiger partial charge in [0.25, 0.3) is 0 Å². The second-order valence-corrected chi connectivity index (χ2v) is 5.07. The predicted octanol–water partition coefficient (Wildman–Crippen LogP) is 2.25. The molecule has 1 heterocycles. The zero-order chi connectivity index (χ0) is 12.8. The van der Waals surface area contributed by atoms with Crippen LogP contribution in [0.4, 0.5) is 0 Å². The van der Waals surface area contributed by atoms with E-state index >= 15 is 0 Å². The number of carbonyl (C=O) groups is 1. The van der Waals surface area contributed by atoms with Gasteiger partial charge in [0, 0.05) is 32.0 Å². The van der Waals surface area contributed by atoms with Crippen molar-refractivity contribution in [2.75, 3.05) is 13.1 Å². The molecule has 1 unspecified atom stereocenters. The Kier molecular flexibility index (Phi) is 5.55. The van der Waals surface area contributed by atoms with Gasteiger partial charge >= 0.3 is 0 Å². The maximum absolute atomic E-state index is 12.1. The van der Waals surface area contributed by atoms with Gasteiger partial charge in [0.2, 0.25) is 5.91 Å². The molecule has 0 aliphatic heterocycles. The number of amides is 1. The fourth-order valence-electron chi connectivity index (χ4n) is 1.66. The monoisotopic (exact) mass is 255 g/mol. The zero-order valence-electron chi connectivity index (χ0n) is 11.0. The number of rotatable bonds is 6. The first-order valence-electron chi connectivity index (χ1n) is 6.10. The first kappa shape index (κ1) is 14.1. The molecule has 0 saturated carbocycles. The van der Waals surface area contributed by atoms with Crippen LogP contribution in [0.2, 0.25) is 0 Å². The first-order valence-corrected chi connectivity index (χ1v) is 6.98. The van der Waals surface area contributed by atoms with E-state index in [1.54, 1.807) is 6.20 Å². The van der Waals surface area contributed by atoms with Crippen LogP contribution in [0.5, 0.6) is 0 Å². The van der Waals surface area contributed by atoms with Crippen LogP contribution >= 0.6 is 11.8 Å². The van der Waals surface area contributed by atoms with Crippen LogP contribution in [0, 0.1) is 0 Å². The van der Waals surface area contributed by atoms with Crippen molar-refractivity contribution in [3.63, 3.8) is 0 Å². The summed E-state index contributed by atoms with van der Waals surface area (Å²) in [4.78, 5) is 18.2. The fourth-order valence-corrected chi connectivity index (χ4v) is 2.67. The van der Waals surface area contributed by atoms with E-state index in [9.17, 15) is 4.79 Å². The number of aromatic nitrogens is 2. The molecule has 0 fully saturated rings. The predicted molar refractivity (Wildman–Crippen MR) is 71.1 cm³/mol. The van der Waals surface area contributed by atoms with Gasteiger partial charge in [0.05, 0.1) is 5.25 Å². The van der Waals surface area contributed by atoms with Gasteiger partial charge in [-0.2, -0.15) is 0 Å². The SMILES string of the molecule is CCN(CC)C(=O)C(C)Sc1nccn1CC. The number of imidazole rings is 1. The molecular formula is C12H21N3OS. The van der Waals surface area contributed by atoms with E-state index in [1.807, 2.05) is 31.9 Å². The Morgan fingerprint density at radius 1 is 1.47 bits per heavy atom. The van der Waals surface area contributed by atoms with Crippen LogP contribution in [-0.4, -0.2) is 38.7 Å². The molecule has 1 atom stereocenters. The van der Waals surface area contributed by atoms with Crippen molar-refractivity contribution in [1.82, 2.24) is 14.5 Å². The summed E-state index contributed by atoms with van der Waals surface area (Å²) in [6.45, 7) is 10.4. The summed E-state index contributed by atoms with van der Waals surface area (Å²) in [5, 5.41) is 0.836. The molecule has 0 N–H and O–H groups in total. The van der Waals surface area contributed by atoms with Crippen molar-refractivity contribution in [2.45, 2.75) is 44.6 Å². The fraction of sp³-hybridized carbons (Fsp3) is 0.667. The van der Waals surface area contributed by atoms with E-state index in [1.165, 1.54) is 11.8 Å². The van der Waals surface area contributed by atoms with Gasteiger partial charge < -0.3 is 9.47 Å². The number of hydrogen-bond acceptors (Lipinski definition) is 3. The van der Waals surface area contributed by atoms with E-state index < -0.39 is 0 Å². The second kappa shape index (κ2) is 6.69. The average Bonchev–Trinajstić information content (AvgIpc) is 2.77. The van der Waals surface area contributed by atoms with Gasteiger partial charge in [-0.25, -0.2) is 4.98 Å². The van der Waals surface area contributed by atoms with E-state index in [4.69, 9.17) is 0 Å². The molecule has 0 bridgehead atoms. The Hall–Kier alpha value is -0.970. The van der Waals surface area contributed by atoms with Gasteiger partial charge in [-0.3, -0.25) is 4.79 Å². The Morgan fingerprint density at radius 2 is 2.12 bits per heavy atom. The lowest BCUT2D eigenvalue weighted by molar-refractivity contribution is -0.129. The van der Waals surface area contributed by atoms with Gasteiger partial charge in [0.1, 0.15) is 0 Å². The molecule has 0 saturated heterocycles. The lowest BCUT2D eigenvalue weighted by atomic mass is 10.4. The molecule has 0 spiro atoms. The molecular weight excluding hydrogens is 234 g/mol. The highest BCUT2D eigenvalue weighted by atomic mass is 32.2. The highest BCUT2D eigenvalue weighted by Crippen LogP contribution is 2.22. The molecule has 0 aromatic carbocycles. The molecule has 1 aromatic heterocycles. The van der Waals surface area contributed by atoms with E-state index in [0.717, 1.165) is 24.8 Å². The lowest BCUT2D eigenvalue weighted by Gasteiger charge is -2.22. The van der Waals surface area contributed by atoms with Crippen molar-refractivity contribution >= 4 is 17.7 Å². The quantitative estimate of drug-likeness (QED) is 0.732. The molecule has 1 amide bonds. The third-order valence-corrected chi connectivity index (χ3v) is 3.83. The third-order valence-electron chi connectivity index (χ3n) is 2.72. The maximum Gasteiger partial charge on any atom is 0.235 e. The lowest BCUT2D eigenvalue weighted by Crippen LogP contribution is -2.36. The standard InChI is InChI=1S/C12H21N3OS/c1-5-14(6-2)11(16)10(4)17-12-13-8-9-15(12)7-3/h8-10H,5-7H2,1-4H3. The Balaban J connectivity index is 2.65. The Bertz CT molecular complexity index is 360. The Morgan fingerprint density at radius 3 is 2.65 bits per heavy atom. The minimum atomic E-state index is -0.0809. The number of hydrogen-bond donors (Lipinski definition) is 0. The number of aryl methyl sites for hydroxylation is 1. The van der Waals surface area contributed by atoms with Crippen LogP contribution in [-0.2, 0) is 11.3 Å². The smallest absolute Gasteiger partial charge is 0.235 e. The molecule has 0 aliphatic carbocycles. The largest absolute Gasteiger partial charge is 0.342 e. The highest BCUT2D eigenvalue weighted by Gasteiger charge is 2.20. The van der Waals surface area contributed by atoms with Crippen molar-refractivity contribution in [3.05, 3.63) is 12.4 Å². The van der Waals surface area contributed by atoms with Crippen molar-refractivity contribution in [3.8, 4) is 0 Å². The van der Waals surface area contributed by atoms with Crippen LogP contribution in [0.15, 0.2) is 17.6 Å². The average molecular weight is 255 g/mol. The molecule has 1 aromatic rings. The molecule has 4 nitrogen and oxygen atoms in total.